The van der Waals surface area contributed by atoms with Gasteiger partial charge in [-0.05, 0) is 32.9 Å². The van der Waals surface area contributed by atoms with Crippen LogP contribution in [0.5, 0.6) is 0 Å². The third-order valence-corrected chi connectivity index (χ3v) is 2.97. The van der Waals surface area contributed by atoms with Crippen LogP contribution in [0.15, 0.2) is 24.3 Å². The number of aldehydes is 1. The van der Waals surface area contributed by atoms with Crippen LogP contribution in [0.25, 0.3) is 0 Å². The molecule has 92 valence electrons. The van der Waals surface area contributed by atoms with Crippen molar-refractivity contribution in [3.8, 4) is 0 Å². The van der Waals surface area contributed by atoms with E-state index in [1.165, 1.54) is 0 Å². The molecule has 1 unspecified atom stereocenters. The molecule has 0 bridgehead atoms. The van der Waals surface area contributed by atoms with Crippen LogP contribution in [-0.4, -0.2) is 31.1 Å². The quantitative estimate of drug-likeness (QED) is 0.735. The normalized spacial score (nSPS) is 23.5. The highest BCUT2D eigenvalue weighted by Crippen LogP contribution is 2.27. The summed E-state index contributed by atoms with van der Waals surface area (Å²) in [6.45, 7) is 7.87. The Labute approximate surface area is 102 Å². The van der Waals surface area contributed by atoms with E-state index in [1.807, 2.05) is 24.3 Å². The number of carbonyl (C=O) groups is 1. The standard InChI is InChI=1S/C14H19NO2/c1-11-8-15(10-14(2,3)17-11)13-7-5-4-6-12(13)9-16/h4-7,9,11H,8,10H2,1-3H3. The molecular formula is C14H19NO2. The van der Waals surface area contributed by atoms with E-state index >= 15 is 0 Å². The molecule has 1 aromatic carbocycles. The zero-order valence-corrected chi connectivity index (χ0v) is 10.6. The molecule has 1 heterocycles. The second-order valence-corrected chi connectivity index (χ2v) is 5.25. The van der Waals surface area contributed by atoms with Gasteiger partial charge in [-0.3, -0.25) is 4.79 Å². The van der Waals surface area contributed by atoms with Crippen LogP contribution in [0.4, 0.5) is 5.69 Å². The number of ether oxygens (including phenoxy) is 1. The van der Waals surface area contributed by atoms with Gasteiger partial charge in [-0.2, -0.15) is 0 Å². The maximum Gasteiger partial charge on any atom is 0.152 e. The highest BCUT2D eigenvalue weighted by Gasteiger charge is 2.31. The largest absolute Gasteiger partial charge is 0.369 e. The van der Waals surface area contributed by atoms with E-state index < -0.39 is 0 Å². The summed E-state index contributed by atoms with van der Waals surface area (Å²) in [5.41, 5.74) is 1.58. The van der Waals surface area contributed by atoms with Crippen molar-refractivity contribution in [1.29, 1.82) is 0 Å². The minimum Gasteiger partial charge on any atom is -0.369 e. The first-order chi connectivity index (χ1) is 8.02. The van der Waals surface area contributed by atoms with Gasteiger partial charge in [0.25, 0.3) is 0 Å². The van der Waals surface area contributed by atoms with Crippen molar-refractivity contribution in [1.82, 2.24) is 0 Å². The highest BCUT2D eigenvalue weighted by atomic mass is 16.5. The van der Waals surface area contributed by atoms with Crippen LogP contribution in [0.1, 0.15) is 31.1 Å². The lowest BCUT2D eigenvalue weighted by molar-refractivity contribution is -0.0749. The monoisotopic (exact) mass is 233 g/mol. The second kappa shape index (κ2) is 4.49. The Morgan fingerprint density at radius 1 is 1.41 bits per heavy atom. The van der Waals surface area contributed by atoms with E-state index in [9.17, 15) is 4.79 Å². The molecule has 17 heavy (non-hydrogen) atoms. The molecule has 0 aliphatic carbocycles. The zero-order chi connectivity index (χ0) is 12.5. The number of rotatable bonds is 2. The number of benzene rings is 1. The summed E-state index contributed by atoms with van der Waals surface area (Å²) < 4.78 is 5.87. The molecule has 0 N–H and O–H groups in total. The zero-order valence-electron chi connectivity index (χ0n) is 10.6. The molecule has 3 heteroatoms. The first-order valence-electron chi connectivity index (χ1n) is 5.99. The van der Waals surface area contributed by atoms with Gasteiger partial charge in [0.05, 0.1) is 11.7 Å². The molecule has 2 rings (SSSR count). The Bertz CT molecular complexity index is 414. The molecule has 0 aromatic heterocycles. The van der Waals surface area contributed by atoms with Gasteiger partial charge in [-0.25, -0.2) is 0 Å². The first-order valence-corrected chi connectivity index (χ1v) is 5.99. The van der Waals surface area contributed by atoms with Crippen LogP contribution in [0.3, 0.4) is 0 Å². The summed E-state index contributed by atoms with van der Waals surface area (Å²) in [6.07, 6.45) is 1.10. The predicted molar refractivity (Wildman–Crippen MR) is 68.7 cm³/mol. The maximum absolute atomic E-state index is 11.1. The molecule has 0 amide bonds. The topological polar surface area (TPSA) is 29.5 Å². The number of anilines is 1. The first kappa shape index (κ1) is 12.1. The fraction of sp³-hybridized carbons (Fsp3) is 0.500. The molecule has 1 aromatic rings. The minimum absolute atomic E-state index is 0.173. The van der Waals surface area contributed by atoms with Crippen molar-refractivity contribution in [2.45, 2.75) is 32.5 Å². The molecular weight excluding hydrogens is 214 g/mol. The summed E-state index contributed by atoms with van der Waals surface area (Å²) >= 11 is 0. The van der Waals surface area contributed by atoms with Crippen molar-refractivity contribution in [3.05, 3.63) is 29.8 Å². The van der Waals surface area contributed by atoms with E-state index in [2.05, 4.69) is 25.7 Å². The van der Waals surface area contributed by atoms with Crippen molar-refractivity contribution >= 4 is 12.0 Å². The van der Waals surface area contributed by atoms with Gasteiger partial charge in [0.15, 0.2) is 6.29 Å². The van der Waals surface area contributed by atoms with Gasteiger partial charge >= 0.3 is 0 Å². The van der Waals surface area contributed by atoms with E-state index in [-0.39, 0.29) is 11.7 Å². The lowest BCUT2D eigenvalue weighted by Crippen LogP contribution is -2.52. The molecule has 3 nitrogen and oxygen atoms in total. The van der Waals surface area contributed by atoms with E-state index in [0.29, 0.717) is 0 Å². The molecule has 1 atom stereocenters. The number of nitrogens with zero attached hydrogens (tertiary/aromatic N) is 1. The van der Waals surface area contributed by atoms with Gasteiger partial charge < -0.3 is 9.64 Å². The fourth-order valence-corrected chi connectivity index (χ4v) is 2.51. The SMILES string of the molecule is CC1CN(c2ccccc2C=O)CC(C)(C)O1. The summed E-state index contributed by atoms with van der Waals surface area (Å²) in [6, 6.07) is 7.71. The molecule has 0 saturated carbocycles. The number of morpholine rings is 1. The van der Waals surface area contributed by atoms with Crippen molar-refractivity contribution < 1.29 is 9.53 Å². The Hall–Kier alpha value is -1.35. The van der Waals surface area contributed by atoms with Gasteiger partial charge in [0.2, 0.25) is 0 Å². The third-order valence-electron chi connectivity index (χ3n) is 2.97. The van der Waals surface area contributed by atoms with E-state index in [1.54, 1.807) is 0 Å². The second-order valence-electron chi connectivity index (χ2n) is 5.25. The molecule has 0 radical (unpaired) electrons. The summed E-state index contributed by atoms with van der Waals surface area (Å²) in [5.74, 6) is 0. The van der Waals surface area contributed by atoms with Crippen LogP contribution < -0.4 is 4.90 Å². The number of carbonyl (C=O) groups excluding carboxylic acids is 1. The van der Waals surface area contributed by atoms with Gasteiger partial charge in [-0.1, -0.05) is 12.1 Å². The Morgan fingerprint density at radius 2 is 2.12 bits per heavy atom. The maximum atomic E-state index is 11.1. The third kappa shape index (κ3) is 2.67. The van der Waals surface area contributed by atoms with Crippen molar-refractivity contribution in [3.63, 3.8) is 0 Å². The lowest BCUT2D eigenvalue weighted by Gasteiger charge is -2.43. The lowest BCUT2D eigenvalue weighted by atomic mass is 10.0. The molecule has 1 saturated heterocycles. The van der Waals surface area contributed by atoms with Gasteiger partial charge in [0, 0.05) is 24.3 Å². The predicted octanol–water partition coefficient (Wildman–Crippen LogP) is 2.50. The molecule has 1 aliphatic rings. The number of para-hydroxylation sites is 1. The van der Waals surface area contributed by atoms with Crippen molar-refractivity contribution in [2.24, 2.45) is 0 Å². The number of hydrogen-bond donors (Lipinski definition) is 0. The summed E-state index contributed by atoms with van der Waals surface area (Å²) in [7, 11) is 0. The van der Waals surface area contributed by atoms with E-state index in [0.717, 1.165) is 30.6 Å². The smallest absolute Gasteiger partial charge is 0.152 e. The Morgan fingerprint density at radius 3 is 2.76 bits per heavy atom. The van der Waals surface area contributed by atoms with Crippen LogP contribution in [-0.2, 0) is 4.74 Å². The molecule has 0 spiro atoms. The van der Waals surface area contributed by atoms with Crippen molar-refractivity contribution in [2.75, 3.05) is 18.0 Å². The Balaban J connectivity index is 2.30. The minimum atomic E-state index is -0.173. The fourth-order valence-electron chi connectivity index (χ4n) is 2.51. The molecule has 1 fully saturated rings. The van der Waals surface area contributed by atoms with Crippen LogP contribution in [0, 0.1) is 0 Å². The van der Waals surface area contributed by atoms with Crippen LogP contribution >= 0.6 is 0 Å². The summed E-state index contributed by atoms with van der Waals surface area (Å²) in [5, 5.41) is 0. The van der Waals surface area contributed by atoms with E-state index in [4.69, 9.17) is 4.74 Å². The highest BCUT2D eigenvalue weighted by molar-refractivity contribution is 5.84. The average Bonchev–Trinajstić information content (AvgIpc) is 2.26. The Kier molecular flexibility index (Phi) is 3.20. The van der Waals surface area contributed by atoms with Crippen LogP contribution in [0.2, 0.25) is 0 Å². The molecule has 1 aliphatic heterocycles. The average molecular weight is 233 g/mol. The van der Waals surface area contributed by atoms with Gasteiger partial charge in [0.1, 0.15) is 0 Å². The summed E-state index contributed by atoms with van der Waals surface area (Å²) in [4.78, 5) is 13.3. The number of hydrogen-bond acceptors (Lipinski definition) is 3. The van der Waals surface area contributed by atoms with Gasteiger partial charge in [-0.15, -0.1) is 0 Å².